The van der Waals surface area contributed by atoms with Crippen LogP contribution in [0.25, 0.3) is 0 Å². The van der Waals surface area contributed by atoms with Gasteiger partial charge in [0, 0.05) is 0 Å². The van der Waals surface area contributed by atoms with Crippen LogP contribution >= 0.6 is 0 Å². The average Bonchev–Trinajstić information content (AvgIpc) is 1.99. The maximum Gasteiger partial charge on any atom is 0.413 e. The molecule has 82 valence electrons. The van der Waals surface area contributed by atoms with Crippen LogP contribution in [-0.2, 0) is 4.74 Å². The van der Waals surface area contributed by atoms with Crippen LogP contribution in [0.15, 0.2) is 12.4 Å². The molecule has 1 aromatic heterocycles. The fourth-order valence-corrected chi connectivity index (χ4v) is 0.849. The summed E-state index contributed by atoms with van der Waals surface area (Å²) in [5.74, 6) is 0.507. The summed E-state index contributed by atoms with van der Waals surface area (Å²) in [6.45, 7) is 5.33. The van der Waals surface area contributed by atoms with Crippen LogP contribution in [0.2, 0.25) is 0 Å². The largest absolute Gasteiger partial charge is 0.444 e. The van der Waals surface area contributed by atoms with Crippen molar-refractivity contribution >= 4 is 17.7 Å². The van der Waals surface area contributed by atoms with E-state index in [0.29, 0.717) is 0 Å². The quantitative estimate of drug-likeness (QED) is 0.731. The predicted octanol–water partition coefficient (Wildman–Crippen LogP) is 1.41. The van der Waals surface area contributed by atoms with E-state index in [1.807, 2.05) is 0 Å². The molecule has 0 aliphatic heterocycles. The van der Waals surface area contributed by atoms with Gasteiger partial charge in [0.2, 0.25) is 0 Å². The number of carbonyl (C=O) groups is 1. The van der Waals surface area contributed by atoms with Gasteiger partial charge in [0.1, 0.15) is 11.4 Å². The van der Waals surface area contributed by atoms with Crippen LogP contribution in [0.4, 0.5) is 16.4 Å². The van der Waals surface area contributed by atoms with Crippen molar-refractivity contribution in [1.82, 2.24) is 9.97 Å². The first kappa shape index (κ1) is 11.2. The minimum Gasteiger partial charge on any atom is -0.444 e. The summed E-state index contributed by atoms with van der Waals surface area (Å²) >= 11 is 0. The van der Waals surface area contributed by atoms with E-state index in [1.54, 1.807) is 20.8 Å². The maximum atomic E-state index is 11.3. The average molecular weight is 210 g/mol. The van der Waals surface area contributed by atoms with Gasteiger partial charge in [-0.2, -0.15) is 0 Å². The fraction of sp³-hybridized carbons (Fsp3) is 0.444. The van der Waals surface area contributed by atoms with Gasteiger partial charge in [-0.15, -0.1) is 0 Å². The molecule has 0 fully saturated rings. The van der Waals surface area contributed by atoms with Gasteiger partial charge in [0.15, 0.2) is 5.82 Å². The lowest BCUT2D eigenvalue weighted by Gasteiger charge is -2.19. The van der Waals surface area contributed by atoms with E-state index in [0.717, 1.165) is 0 Å². The third kappa shape index (κ3) is 4.26. The topological polar surface area (TPSA) is 90.1 Å². The van der Waals surface area contributed by atoms with E-state index >= 15 is 0 Å². The number of amides is 1. The van der Waals surface area contributed by atoms with Crippen molar-refractivity contribution in [3.05, 3.63) is 12.4 Å². The summed E-state index contributed by atoms with van der Waals surface area (Å²) in [6.07, 6.45) is 2.20. The fourth-order valence-electron chi connectivity index (χ4n) is 0.849. The Morgan fingerprint density at radius 3 is 2.67 bits per heavy atom. The third-order valence-corrected chi connectivity index (χ3v) is 1.28. The van der Waals surface area contributed by atoms with E-state index in [4.69, 9.17) is 10.5 Å². The number of hydrogen-bond acceptors (Lipinski definition) is 5. The van der Waals surface area contributed by atoms with Gasteiger partial charge in [-0.05, 0) is 20.8 Å². The molecule has 0 saturated carbocycles. The van der Waals surface area contributed by atoms with Crippen LogP contribution in [0.3, 0.4) is 0 Å². The second-order valence-electron chi connectivity index (χ2n) is 3.96. The van der Waals surface area contributed by atoms with Gasteiger partial charge in [-0.1, -0.05) is 0 Å². The van der Waals surface area contributed by atoms with Crippen molar-refractivity contribution in [2.45, 2.75) is 26.4 Å². The first-order valence-electron chi connectivity index (χ1n) is 4.44. The second kappa shape index (κ2) is 4.12. The molecule has 1 heterocycles. The molecule has 0 radical (unpaired) electrons. The first-order valence-corrected chi connectivity index (χ1v) is 4.44. The normalized spacial score (nSPS) is 10.9. The number of nitrogen functional groups attached to an aromatic ring is 1. The second-order valence-corrected chi connectivity index (χ2v) is 3.96. The molecule has 0 aromatic carbocycles. The van der Waals surface area contributed by atoms with E-state index in [2.05, 4.69) is 15.3 Å². The molecule has 1 aromatic rings. The number of ether oxygens (including phenoxy) is 1. The first-order chi connectivity index (χ1) is 6.87. The van der Waals surface area contributed by atoms with Gasteiger partial charge in [0.25, 0.3) is 0 Å². The highest BCUT2D eigenvalue weighted by Crippen LogP contribution is 2.09. The molecule has 15 heavy (non-hydrogen) atoms. The molecule has 0 spiro atoms. The highest BCUT2D eigenvalue weighted by atomic mass is 16.6. The van der Waals surface area contributed by atoms with Crippen molar-refractivity contribution in [1.29, 1.82) is 0 Å². The van der Waals surface area contributed by atoms with E-state index in [1.165, 1.54) is 12.4 Å². The van der Waals surface area contributed by atoms with E-state index in [-0.39, 0.29) is 11.6 Å². The summed E-state index contributed by atoms with van der Waals surface area (Å²) in [5, 5.41) is 2.42. The molecule has 6 nitrogen and oxygen atoms in total. The zero-order chi connectivity index (χ0) is 11.5. The molecule has 3 N–H and O–H groups in total. The van der Waals surface area contributed by atoms with Gasteiger partial charge >= 0.3 is 6.09 Å². The Morgan fingerprint density at radius 1 is 1.47 bits per heavy atom. The summed E-state index contributed by atoms with van der Waals surface area (Å²) in [5.41, 5.74) is 4.85. The van der Waals surface area contributed by atoms with Crippen LogP contribution in [0.5, 0.6) is 0 Å². The zero-order valence-electron chi connectivity index (χ0n) is 8.94. The Morgan fingerprint density at radius 2 is 2.13 bits per heavy atom. The molecule has 0 aliphatic rings. The summed E-state index contributed by atoms with van der Waals surface area (Å²) in [7, 11) is 0. The number of nitrogens with zero attached hydrogens (tertiary/aromatic N) is 2. The monoisotopic (exact) mass is 210 g/mol. The molecule has 6 heteroatoms. The molecular weight excluding hydrogens is 196 g/mol. The molecule has 0 aliphatic carbocycles. The maximum absolute atomic E-state index is 11.3. The van der Waals surface area contributed by atoms with Crippen LogP contribution in [0, 0.1) is 0 Å². The van der Waals surface area contributed by atoms with Crippen LogP contribution in [0.1, 0.15) is 20.8 Å². The number of nitrogens with two attached hydrogens (primary N) is 1. The Hall–Kier alpha value is -1.85. The number of anilines is 2. The standard InChI is InChI=1S/C9H14N4O2/c1-9(2,3)15-8(14)13-7-5-11-4-6(10)12-7/h4-5H,1-3H3,(H3,10,12,13,14). The van der Waals surface area contributed by atoms with E-state index < -0.39 is 11.7 Å². The molecule has 1 rings (SSSR count). The molecular formula is C9H14N4O2. The van der Waals surface area contributed by atoms with Gasteiger partial charge < -0.3 is 10.5 Å². The Kier molecular flexibility index (Phi) is 3.08. The summed E-state index contributed by atoms with van der Waals surface area (Å²) in [4.78, 5) is 18.9. The summed E-state index contributed by atoms with van der Waals surface area (Å²) in [6, 6.07) is 0. The number of carbonyl (C=O) groups excluding carboxylic acids is 1. The molecule has 0 unspecified atom stereocenters. The van der Waals surface area contributed by atoms with Gasteiger partial charge in [-0.3, -0.25) is 10.3 Å². The summed E-state index contributed by atoms with van der Waals surface area (Å²) < 4.78 is 5.02. The number of aromatic nitrogens is 2. The minimum absolute atomic E-state index is 0.239. The number of nitrogens with one attached hydrogen (secondary N) is 1. The predicted molar refractivity (Wildman–Crippen MR) is 56.3 cm³/mol. The van der Waals surface area contributed by atoms with E-state index in [9.17, 15) is 4.79 Å². The van der Waals surface area contributed by atoms with Gasteiger partial charge in [-0.25, -0.2) is 9.78 Å². The highest BCUT2D eigenvalue weighted by molar-refractivity contribution is 5.83. The van der Waals surface area contributed by atoms with Crippen molar-refractivity contribution in [3.8, 4) is 0 Å². The number of rotatable bonds is 1. The van der Waals surface area contributed by atoms with Crippen LogP contribution in [-0.4, -0.2) is 21.7 Å². The molecule has 0 atom stereocenters. The zero-order valence-corrected chi connectivity index (χ0v) is 8.94. The third-order valence-electron chi connectivity index (χ3n) is 1.28. The van der Waals surface area contributed by atoms with Crippen molar-refractivity contribution in [2.75, 3.05) is 11.1 Å². The molecule has 0 saturated heterocycles. The highest BCUT2D eigenvalue weighted by Gasteiger charge is 2.16. The smallest absolute Gasteiger partial charge is 0.413 e. The van der Waals surface area contributed by atoms with Crippen molar-refractivity contribution in [2.24, 2.45) is 0 Å². The Labute approximate surface area is 87.9 Å². The number of hydrogen-bond donors (Lipinski definition) is 2. The Balaban J connectivity index is 2.59. The van der Waals surface area contributed by atoms with Gasteiger partial charge in [0.05, 0.1) is 12.4 Å². The lowest BCUT2D eigenvalue weighted by atomic mass is 10.2. The van der Waals surface area contributed by atoms with Crippen molar-refractivity contribution in [3.63, 3.8) is 0 Å². The Bertz CT molecular complexity index is 359. The minimum atomic E-state index is -0.581. The lowest BCUT2D eigenvalue weighted by molar-refractivity contribution is 0.0635. The molecule has 1 amide bonds. The SMILES string of the molecule is CC(C)(C)OC(=O)Nc1cncc(N)n1. The van der Waals surface area contributed by atoms with Crippen molar-refractivity contribution < 1.29 is 9.53 Å². The molecule has 0 bridgehead atoms. The lowest BCUT2D eigenvalue weighted by Crippen LogP contribution is -2.27. The van der Waals surface area contributed by atoms with Crippen LogP contribution < -0.4 is 11.1 Å².